The predicted molar refractivity (Wildman–Crippen MR) is 119 cm³/mol. The minimum atomic E-state index is 0. The zero-order valence-corrected chi connectivity index (χ0v) is 19.1. The quantitative estimate of drug-likeness (QED) is 0.226. The van der Waals surface area contributed by atoms with Gasteiger partial charge in [0, 0.05) is 57.9 Å². The first-order valence-corrected chi connectivity index (χ1v) is 10.2. The lowest BCUT2D eigenvalue weighted by molar-refractivity contribution is 0.0205. The Morgan fingerprint density at radius 3 is 2.88 bits per heavy atom. The average Bonchev–Trinajstić information content (AvgIpc) is 3.04. The first-order valence-electron chi connectivity index (χ1n) is 9.36. The number of ether oxygens (including phenoxy) is 2. The lowest BCUT2D eigenvalue weighted by Crippen LogP contribution is -2.38. The number of aliphatic imine (C=N–C) groups is 1. The predicted octanol–water partition coefficient (Wildman–Crippen LogP) is 3.00. The fraction of sp³-hybridized carbons (Fsp3) is 0.778. The molecule has 26 heavy (non-hydrogen) atoms. The highest BCUT2D eigenvalue weighted by atomic mass is 127. The molecular formula is C18H33IN4O2S. The Morgan fingerprint density at radius 2 is 2.19 bits per heavy atom. The maximum Gasteiger partial charge on any atom is 0.191 e. The smallest absolute Gasteiger partial charge is 0.191 e. The summed E-state index contributed by atoms with van der Waals surface area (Å²) in [4.78, 5) is 9.09. The Labute approximate surface area is 178 Å². The summed E-state index contributed by atoms with van der Waals surface area (Å²) in [6.45, 7) is 10.0. The third kappa shape index (κ3) is 10.0. The molecule has 1 saturated heterocycles. The second-order valence-corrected chi connectivity index (χ2v) is 7.34. The van der Waals surface area contributed by atoms with Gasteiger partial charge in [-0.15, -0.1) is 35.3 Å². The molecule has 1 aliphatic rings. The zero-order chi connectivity index (χ0) is 17.7. The standard InChI is InChI=1S/C18H32N4O2S.HI/c1-3-19-18(21-9-5-17-14-25-15(2)22-17)20-8-4-10-24-13-16-6-11-23-12-7-16;/h14,16H,3-13H2,1-2H3,(H2,19,20,21);1H. The molecule has 1 aromatic rings. The van der Waals surface area contributed by atoms with E-state index in [1.165, 1.54) is 0 Å². The maximum absolute atomic E-state index is 5.78. The summed E-state index contributed by atoms with van der Waals surface area (Å²) in [5.74, 6) is 1.55. The van der Waals surface area contributed by atoms with Crippen molar-refractivity contribution in [1.29, 1.82) is 0 Å². The number of nitrogens with one attached hydrogen (secondary N) is 2. The van der Waals surface area contributed by atoms with Crippen LogP contribution >= 0.6 is 35.3 Å². The number of thiazole rings is 1. The van der Waals surface area contributed by atoms with E-state index in [-0.39, 0.29) is 24.0 Å². The second-order valence-electron chi connectivity index (χ2n) is 6.28. The number of rotatable bonds is 10. The number of aryl methyl sites for hydroxylation is 1. The van der Waals surface area contributed by atoms with Crippen LogP contribution < -0.4 is 10.6 Å². The Kier molecular flexibility index (Phi) is 13.2. The molecule has 1 aliphatic heterocycles. The summed E-state index contributed by atoms with van der Waals surface area (Å²) in [6, 6.07) is 0. The summed E-state index contributed by atoms with van der Waals surface area (Å²) in [7, 11) is 0. The van der Waals surface area contributed by atoms with Gasteiger partial charge in [0.1, 0.15) is 0 Å². The van der Waals surface area contributed by atoms with Gasteiger partial charge in [-0.25, -0.2) is 4.98 Å². The van der Waals surface area contributed by atoms with Crippen LogP contribution in [0.5, 0.6) is 0 Å². The van der Waals surface area contributed by atoms with Gasteiger partial charge in [0.05, 0.1) is 10.7 Å². The van der Waals surface area contributed by atoms with Crippen molar-refractivity contribution in [2.24, 2.45) is 10.9 Å². The van der Waals surface area contributed by atoms with Crippen LogP contribution in [0.15, 0.2) is 10.4 Å². The molecule has 0 saturated carbocycles. The molecule has 0 atom stereocenters. The Hall–Kier alpha value is -0.450. The van der Waals surface area contributed by atoms with E-state index in [1.807, 2.05) is 6.92 Å². The van der Waals surface area contributed by atoms with Gasteiger partial charge < -0.3 is 20.1 Å². The molecule has 0 bridgehead atoms. The SMILES string of the molecule is CCNC(=NCCCOCC1CCOCC1)NCCc1csc(C)n1.I. The Bertz CT molecular complexity index is 507. The van der Waals surface area contributed by atoms with Crippen LogP contribution in [0.2, 0.25) is 0 Å². The van der Waals surface area contributed by atoms with Crippen LogP contribution in [0.25, 0.3) is 0 Å². The number of nitrogens with zero attached hydrogens (tertiary/aromatic N) is 2. The van der Waals surface area contributed by atoms with Crippen LogP contribution in [0.3, 0.4) is 0 Å². The van der Waals surface area contributed by atoms with Crippen LogP contribution in [-0.4, -0.2) is 57.0 Å². The summed E-state index contributed by atoms with van der Waals surface area (Å²) >= 11 is 1.70. The highest BCUT2D eigenvalue weighted by molar-refractivity contribution is 14.0. The van der Waals surface area contributed by atoms with Gasteiger partial charge >= 0.3 is 0 Å². The van der Waals surface area contributed by atoms with Crippen molar-refractivity contribution < 1.29 is 9.47 Å². The minimum absolute atomic E-state index is 0. The third-order valence-corrected chi connectivity index (χ3v) is 4.92. The van der Waals surface area contributed by atoms with Gasteiger partial charge in [0.15, 0.2) is 5.96 Å². The van der Waals surface area contributed by atoms with E-state index in [0.717, 1.165) is 88.4 Å². The highest BCUT2D eigenvalue weighted by Gasteiger charge is 2.13. The van der Waals surface area contributed by atoms with E-state index in [2.05, 4.69) is 32.9 Å². The van der Waals surface area contributed by atoms with Gasteiger partial charge in [-0.1, -0.05) is 0 Å². The first kappa shape index (κ1) is 23.6. The molecule has 0 aliphatic carbocycles. The molecule has 0 unspecified atom stereocenters. The van der Waals surface area contributed by atoms with E-state index in [0.29, 0.717) is 5.92 Å². The molecule has 1 fully saturated rings. The third-order valence-electron chi connectivity index (χ3n) is 4.10. The normalized spacial score (nSPS) is 15.5. The van der Waals surface area contributed by atoms with E-state index >= 15 is 0 Å². The van der Waals surface area contributed by atoms with Crippen molar-refractivity contribution in [3.63, 3.8) is 0 Å². The molecule has 2 N–H and O–H groups in total. The maximum atomic E-state index is 5.78. The fourth-order valence-corrected chi connectivity index (χ4v) is 3.34. The molecule has 0 spiro atoms. The molecule has 0 radical (unpaired) electrons. The molecule has 6 nitrogen and oxygen atoms in total. The Balaban J connectivity index is 0.00000338. The lowest BCUT2D eigenvalue weighted by atomic mass is 10.0. The molecule has 150 valence electrons. The zero-order valence-electron chi connectivity index (χ0n) is 16.0. The monoisotopic (exact) mass is 496 g/mol. The van der Waals surface area contributed by atoms with Crippen LogP contribution in [0.1, 0.15) is 36.9 Å². The molecular weight excluding hydrogens is 463 g/mol. The number of hydrogen-bond donors (Lipinski definition) is 2. The van der Waals surface area contributed by atoms with Crippen molar-refractivity contribution in [3.8, 4) is 0 Å². The molecule has 2 heterocycles. The van der Waals surface area contributed by atoms with Crippen molar-refractivity contribution in [3.05, 3.63) is 16.1 Å². The van der Waals surface area contributed by atoms with E-state index in [1.54, 1.807) is 11.3 Å². The summed E-state index contributed by atoms with van der Waals surface area (Å²) in [5.41, 5.74) is 1.15. The minimum Gasteiger partial charge on any atom is -0.381 e. The van der Waals surface area contributed by atoms with E-state index in [4.69, 9.17) is 9.47 Å². The van der Waals surface area contributed by atoms with Gasteiger partial charge in [0.25, 0.3) is 0 Å². The van der Waals surface area contributed by atoms with Gasteiger partial charge in [-0.05, 0) is 39.0 Å². The van der Waals surface area contributed by atoms with Crippen molar-refractivity contribution in [1.82, 2.24) is 15.6 Å². The van der Waals surface area contributed by atoms with Gasteiger partial charge in [0.2, 0.25) is 0 Å². The van der Waals surface area contributed by atoms with Crippen molar-refractivity contribution in [2.75, 3.05) is 46.1 Å². The second kappa shape index (κ2) is 14.6. The molecule has 2 rings (SSSR count). The van der Waals surface area contributed by atoms with Crippen molar-refractivity contribution in [2.45, 2.75) is 39.5 Å². The van der Waals surface area contributed by atoms with E-state index in [9.17, 15) is 0 Å². The first-order chi connectivity index (χ1) is 12.3. The fourth-order valence-electron chi connectivity index (χ4n) is 2.69. The molecule has 0 aromatic carbocycles. The van der Waals surface area contributed by atoms with Crippen LogP contribution in [0, 0.1) is 12.8 Å². The number of aromatic nitrogens is 1. The lowest BCUT2D eigenvalue weighted by Gasteiger charge is -2.21. The number of halogens is 1. The number of guanidine groups is 1. The number of hydrogen-bond acceptors (Lipinski definition) is 5. The van der Waals surface area contributed by atoms with Gasteiger partial charge in [-0.3, -0.25) is 4.99 Å². The van der Waals surface area contributed by atoms with Gasteiger partial charge in [-0.2, -0.15) is 0 Å². The van der Waals surface area contributed by atoms with E-state index < -0.39 is 0 Å². The average molecular weight is 496 g/mol. The molecule has 1 aromatic heterocycles. The Morgan fingerprint density at radius 1 is 1.38 bits per heavy atom. The largest absolute Gasteiger partial charge is 0.381 e. The topological polar surface area (TPSA) is 67.8 Å². The van der Waals surface area contributed by atoms with Crippen LogP contribution in [-0.2, 0) is 15.9 Å². The molecule has 0 amide bonds. The summed E-state index contributed by atoms with van der Waals surface area (Å²) in [5, 5.41) is 9.90. The summed E-state index contributed by atoms with van der Waals surface area (Å²) in [6.07, 6.45) is 4.13. The summed E-state index contributed by atoms with van der Waals surface area (Å²) < 4.78 is 11.1. The highest BCUT2D eigenvalue weighted by Crippen LogP contribution is 2.14. The van der Waals surface area contributed by atoms with Crippen LogP contribution in [0.4, 0.5) is 0 Å². The molecule has 8 heteroatoms. The van der Waals surface area contributed by atoms with Crippen molar-refractivity contribution >= 4 is 41.3 Å².